The first-order valence-corrected chi connectivity index (χ1v) is 6.87. The third-order valence-electron chi connectivity index (χ3n) is 2.43. The molecule has 0 fully saturated rings. The molecular formula is C11H16BrNO2S. The Labute approximate surface area is 108 Å². The first kappa shape index (κ1) is 13.7. The second-order valence-electron chi connectivity index (χ2n) is 3.82. The number of nitrogens with zero attached hydrogens (tertiary/aromatic N) is 1. The molecule has 0 aliphatic carbocycles. The van der Waals surface area contributed by atoms with Crippen molar-refractivity contribution in [3.63, 3.8) is 0 Å². The number of halogens is 1. The number of thiophene rings is 1. The van der Waals surface area contributed by atoms with Crippen LogP contribution in [0.4, 0.5) is 0 Å². The topological polar surface area (TPSA) is 40.5 Å². The monoisotopic (exact) mass is 305 g/mol. The van der Waals surface area contributed by atoms with E-state index in [4.69, 9.17) is 5.11 Å². The number of carbonyl (C=O) groups is 1. The minimum absolute atomic E-state index is 0.385. The highest BCUT2D eigenvalue weighted by Crippen LogP contribution is 2.22. The zero-order chi connectivity index (χ0) is 12.1. The van der Waals surface area contributed by atoms with Crippen molar-refractivity contribution in [1.29, 1.82) is 0 Å². The van der Waals surface area contributed by atoms with E-state index in [1.54, 1.807) is 11.3 Å². The molecule has 0 radical (unpaired) electrons. The van der Waals surface area contributed by atoms with Gasteiger partial charge in [-0.3, -0.25) is 9.69 Å². The number of hydrogen-bond donors (Lipinski definition) is 1. The lowest BCUT2D eigenvalue weighted by Crippen LogP contribution is -2.37. The minimum Gasteiger partial charge on any atom is -0.480 e. The highest BCUT2D eigenvalue weighted by atomic mass is 79.9. The van der Waals surface area contributed by atoms with Crippen molar-refractivity contribution in [2.45, 2.75) is 32.4 Å². The Hall–Kier alpha value is -0.390. The molecule has 0 spiro atoms. The summed E-state index contributed by atoms with van der Waals surface area (Å²) in [7, 11) is 1.86. The van der Waals surface area contributed by atoms with Crippen molar-refractivity contribution in [2.75, 3.05) is 7.05 Å². The van der Waals surface area contributed by atoms with E-state index in [9.17, 15) is 4.79 Å². The Morgan fingerprint density at radius 3 is 2.81 bits per heavy atom. The van der Waals surface area contributed by atoms with Crippen LogP contribution in [0.15, 0.2) is 15.2 Å². The first-order valence-electron chi connectivity index (χ1n) is 5.20. The Morgan fingerprint density at radius 1 is 1.69 bits per heavy atom. The van der Waals surface area contributed by atoms with Gasteiger partial charge >= 0.3 is 5.97 Å². The van der Waals surface area contributed by atoms with Gasteiger partial charge < -0.3 is 5.11 Å². The van der Waals surface area contributed by atoms with Crippen molar-refractivity contribution >= 4 is 33.2 Å². The van der Waals surface area contributed by atoms with Gasteiger partial charge in [0.25, 0.3) is 0 Å². The van der Waals surface area contributed by atoms with Crippen LogP contribution in [-0.2, 0) is 11.3 Å². The lowest BCUT2D eigenvalue weighted by atomic mass is 10.1. The van der Waals surface area contributed by atoms with Gasteiger partial charge in [-0.1, -0.05) is 13.3 Å². The number of aliphatic carboxylic acids is 1. The Bertz CT molecular complexity index is 354. The summed E-state index contributed by atoms with van der Waals surface area (Å²) in [5, 5.41) is 11.2. The van der Waals surface area contributed by atoms with Crippen LogP contribution >= 0.6 is 27.3 Å². The molecule has 0 saturated carbocycles. The third-order valence-corrected chi connectivity index (χ3v) is 3.99. The molecule has 0 saturated heterocycles. The molecule has 0 bridgehead atoms. The van der Waals surface area contributed by atoms with Gasteiger partial charge in [-0.2, -0.15) is 0 Å². The van der Waals surface area contributed by atoms with Crippen molar-refractivity contribution in [2.24, 2.45) is 0 Å². The van der Waals surface area contributed by atoms with Gasteiger partial charge in [0.05, 0.1) is 3.79 Å². The van der Waals surface area contributed by atoms with Gasteiger partial charge in [0.2, 0.25) is 0 Å². The van der Waals surface area contributed by atoms with E-state index in [-0.39, 0.29) is 6.04 Å². The van der Waals surface area contributed by atoms with Crippen LogP contribution in [-0.4, -0.2) is 29.1 Å². The van der Waals surface area contributed by atoms with E-state index in [0.717, 1.165) is 15.8 Å². The highest BCUT2D eigenvalue weighted by Gasteiger charge is 2.21. The van der Waals surface area contributed by atoms with Gasteiger partial charge in [0.1, 0.15) is 6.04 Å². The highest BCUT2D eigenvalue weighted by molar-refractivity contribution is 9.11. The summed E-state index contributed by atoms with van der Waals surface area (Å²) in [5.74, 6) is -0.737. The predicted octanol–water partition coefficient (Wildman–Crippen LogP) is 3.20. The molecule has 90 valence electrons. The zero-order valence-corrected chi connectivity index (χ0v) is 11.8. The number of rotatable bonds is 6. The summed E-state index contributed by atoms with van der Waals surface area (Å²) < 4.78 is 1.08. The summed E-state index contributed by atoms with van der Waals surface area (Å²) in [4.78, 5) is 13.0. The van der Waals surface area contributed by atoms with Crippen LogP contribution in [0.5, 0.6) is 0 Å². The molecule has 1 aromatic heterocycles. The molecule has 1 unspecified atom stereocenters. The summed E-state index contributed by atoms with van der Waals surface area (Å²) >= 11 is 5.02. The number of hydrogen-bond acceptors (Lipinski definition) is 3. The van der Waals surface area contributed by atoms with Crippen LogP contribution in [0.25, 0.3) is 0 Å². The lowest BCUT2D eigenvalue weighted by Gasteiger charge is -2.23. The molecule has 0 aromatic carbocycles. The molecule has 1 rings (SSSR count). The van der Waals surface area contributed by atoms with Crippen molar-refractivity contribution in [1.82, 2.24) is 4.90 Å². The van der Waals surface area contributed by atoms with Crippen LogP contribution in [0.2, 0.25) is 0 Å². The minimum atomic E-state index is -0.737. The molecule has 0 amide bonds. The summed E-state index contributed by atoms with van der Waals surface area (Å²) in [6, 6.07) is 1.65. The number of likely N-dealkylation sites (N-methyl/N-ethyl adjacent to an activating group) is 1. The van der Waals surface area contributed by atoms with E-state index < -0.39 is 5.97 Å². The Morgan fingerprint density at radius 2 is 2.38 bits per heavy atom. The Balaban J connectivity index is 2.61. The molecular weight excluding hydrogens is 290 g/mol. The molecule has 5 heteroatoms. The molecule has 1 aromatic rings. The standard InChI is InChI=1S/C11H16BrNO2S/c1-3-4-9(11(14)15)13(2)6-8-5-10(12)16-7-8/h5,7,9H,3-4,6H2,1-2H3,(H,14,15). The fourth-order valence-electron chi connectivity index (χ4n) is 1.63. The molecule has 1 atom stereocenters. The fraction of sp³-hybridized carbons (Fsp3) is 0.545. The Kier molecular flexibility index (Phi) is 5.44. The maximum Gasteiger partial charge on any atom is 0.320 e. The second-order valence-corrected chi connectivity index (χ2v) is 6.11. The lowest BCUT2D eigenvalue weighted by molar-refractivity contribution is -0.143. The number of carboxylic acid groups (broad SMARTS) is 1. The van der Waals surface area contributed by atoms with Gasteiger partial charge in [-0.25, -0.2) is 0 Å². The molecule has 16 heavy (non-hydrogen) atoms. The van der Waals surface area contributed by atoms with Crippen LogP contribution < -0.4 is 0 Å². The smallest absolute Gasteiger partial charge is 0.320 e. The summed E-state index contributed by atoms with van der Waals surface area (Å²) in [6.45, 7) is 2.68. The zero-order valence-electron chi connectivity index (χ0n) is 9.44. The largest absolute Gasteiger partial charge is 0.480 e. The van der Waals surface area contributed by atoms with Crippen LogP contribution in [0, 0.1) is 0 Å². The van der Waals surface area contributed by atoms with E-state index >= 15 is 0 Å². The third kappa shape index (κ3) is 3.88. The van der Waals surface area contributed by atoms with Gasteiger partial charge in [0, 0.05) is 6.54 Å². The van der Waals surface area contributed by atoms with Crippen molar-refractivity contribution in [3.8, 4) is 0 Å². The fourth-order valence-corrected chi connectivity index (χ4v) is 2.83. The molecule has 0 aliphatic rings. The van der Waals surface area contributed by atoms with Crippen LogP contribution in [0.3, 0.4) is 0 Å². The first-order chi connectivity index (χ1) is 7.54. The SMILES string of the molecule is CCCC(C(=O)O)N(C)Cc1csc(Br)c1. The quantitative estimate of drug-likeness (QED) is 0.877. The maximum atomic E-state index is 11.1. The molecule has 1 N–H and O–H groups in total. The van der Waals surface area contributed by atoms with Crippen LogP contribution in [0.1, 0.15) is 25.3 Å². The van der Waals surface area contributed by atoms with Gasteiger partial charge in [-0.05, 0) is 46.4 Å². The van der Waals surface area contributed by atoms with Crippen molar-refractivity contribution < 1.29 is 9.90 Å². The second kappa shape index (κ2) is 6.37. The maximum absolute atomic E-state index is 11.1. The number of carboxylic acids is 1. The molecule has 3 nitrogen and oxygen atoms in total. The van der Waals surface area contributed by atoms with Gasteiger partial charge in [-0.15, -0.1) is 11.3 Å². The normalized spacial score (nSPS) is 13.0. The van der Waals surface area contributed by atoms with E-state index in [2.05, 4.69) is 15.9 Å². The molecule has 1 heterocycles. The molecule has 0 aliphatic heterocycles. The average molecular weight is 306 g/mol. The van der Waals surface area contributed by atoms with E-state index in [1.165, 1.54) is 0 Å². The predicted molar refractivity (Wildman–Crippen MR) is 69.8 cm³/mol. The van der Waals surface area contributed by atoms with Crippen molar-refractivity contribution in [3.05, 3.63) is 20.8 Å². The van der Waals surface area contributed by atoms with E-state index in [0.29, 0.717) is 13.0 Å². The van der Waals surface area contributed by atoms with E-state index in [1.807, 2.05) is 30.3 Å². The summed E-state index contributed by atoms with van der Waals surface area (Å²) in [6.07, 6.45) is 1.58. The van der Waals surface area contributed by atoms with Gasteiger partial charge in [0.15, 0.2) is 0 Å². The average Bonchev–Trinajstić information content (AvgIpc) is 2.59. The summed E-state index contributed by atoms with van der Waals surface area (Å²) in [5.41, 5.74) is 1.15.